The van der Waals surface area contributed by atoms with Crippen molar-refractivity contribution < 1.29 is 18.9 Å². The van der Waals surface area contributed by atoms with Crippen LogP contribution in [0.5, 0.6) is 0 Å². The van der Waals surface area contributed by atoms with Crippen molar-refractivity contribution in [2.45, 2.75) is 26.3 Å². The molecule has 2 atom stereocenters. The Morgan fingerprint density at radius 3 is 2.89 bits per heavy atom. The average molecular weight is 265 g/mol. The number of esters is 1. The molecule has 6 heteroatoms. The zero-order chi connectivity index (χ0) is 14.0. The van der Waals surface area contributed by atoms with Crippen molar-refractivity contribution in [2.24, 2.45) is 5.92 Å². The highest BCUT2D eigenvalue weighted by Gasteiger charge is 2.32. The lowest BCUT2D eigenvalue weighted by Gasteiger charge is -2.06. The molecule has 0 saturated carbocycles. The van der Waals surface area contributed by atoms with Crippen molar-refractivity contribution in [3.05, 3.63) is 32.6 Å². The fourth-order valence-corrected chi connectivity index (χ4v) is 2.08. The van der Waals surface area contributed by atoms with Crippen molar-refractivity contribution in [3.63, 3.8) is 0 Å². The first-order chi connectivity index (χ1) is 9.01. The molecule has 19 heavy (non-hydrogen) atoms. The number of carbonyl (C=O) groups excluding carboxylic acids is 1. The number of nitro groups is 1. The van der Waals surface area contributed by atoms with Gasteiger partial charge in [-0.2, -0.15) is 0 Å². The molecule has 0 radical (unpaired) electrons. The molecule has 2 rings (SSSR count). The van der Waals surface area contributed by atoms with Gasteiger partial charge in [-0.3, -0.25) is 10.1 Å². The Morgan fingerprint density at radius 1 is 1.58 bits per heavy atom. The van der Waals surface area contributed by atoms with E-state index in [1.165, 1.54) is 0 Å². The molecule has 6 nitrogen and oxygen atoms in total. The molecule has 1 aliphatic carbocycles. The number of rotatable bonds is 5. The van der Waals surface area contributed by atoms with E-state index in [2.05, 4.69) is 0 Å². The normalized spacial score (nSPS) is 18.1. The minimum absolute atomic E-state index is 0.0884. The maximum absolute atomic E-state index is 11.5. The maximum atomic E-state index is 11.5. The first kappa shape index (κ1) is 13.3. The van der Waals surface area contributed by atoms with Gasteiger partial charge in [0, 0.05) is 10.1 Å². The van der Waals surface area contributed by atoms with Crippen LogP contribution in [0, 0.1) is 16.0 Å². The van der Waals surface area contributed by atoms with Gasteiger partial charge in [0.25, 0.3) is 0 Å². The first-order valence-electron chi connectivity index (χ1n) is 6.13. The zero-order valence-corrected chi connectivity index (χ0v) is 10.8. The third-order valence-electron chi connectivity index (χ3n) is 2.91. The molecule has 0 spiro atoms. The highest BCUT2D eigenvalue weighted by atomic mass is 16.6. The van der Waals surface area contributed by atoms with E-state index in [9.17, 15) is 14.9 Å². The molecule has 102 valence electrons. The maximum Gasteiger partial charge on any atom is 0.382 e. The average Bonchev–Trinajstić information content (AvgIpc) is 2.82. The van der Waals surface area contributed by atoms with Gasteiger partial charge in [0.2, 0.25) is 0 Å². The van der Waals surface area contributed by atoms with Crippen molar-refractivity contribution in [3.8, 4) is 0 Å². The molecule has 0 amide bonds. The zero-order valence-electron chi connectivity index (χ0n) is 10.8. The number of furan rings is 1. The predicted octanol–water partition coefficient (Wildman–Crippen LogP) is 0.241. The van der Waals surface area contributed by atoms with E-state index in [1.807, 2.05) is 19.1 Å². The summed E-state index contributed by atoms with van der Waals surface area (Å²) in [5.41, 5.74) is 0.716. The van der Waals surface area contributed by atoms with E-state index in [1.54, 1.807) is 13.0 Å². The third-order valence-corrected chi connectivity index (χ3v) is 2.91. The van der Waals surface area contributed by atoms with Gasteiger partial charge in [0.1, 0.15) is 11.2 Å². The summed E-state index contributed by atoms with van der Waals surface area (Å²) in [6, 6.07) is 0.328. The Hall–Kier alpha value is -2.11. The molecular weight excluding hydrogens is 250 g/mol. The molecule has 0 fully saturated rings. The van der Waals surface area contributed by atoms with Crippen LogP contribution in [0.4, 0.5) is 0 Å². The van der Waals surface area contributed by atoms with E-state index in [4.69, 9.17) is 9.15 Å². The van der Waals surface area contributed by atoms with E-state index in [-0.39, 0.29) is 13.0 Å². The number of nitrogens with zero attached hydrogens (tertiary/aromatic N) is 1. The van der Waals surface area contributed by atoms with Crippen molar-refractivity contribution in [1.82, 2.24) is 0 Å². The summed E-state index contributed by atoms with van der Waals surface area (Å²) in [5, 5.41) is 11.8. The van der Waals surface area contributed by atoms with Gasteiger partial charge in [-0.1, -0.05) is 13.0 Å². The molecule has 0 saturated heterocycles. The molecule has 1 aromatic heterocycles. The number of hydrogen-bond donors (Lipinski definition) is 0. The molecule has 0 bridgehead atoms. The molecule has 1 aliphatic rings. The standard InChI is InChI=1S/C13H15NO5/c1-3-18-13(15)11(14(16)17)7-10-6-9-4-8(2)5-12(9)19-10/h4-6,8,11H,3,7H2,1-2H3. The highest BCUT2D eigenvalue weighted by molar-refractivity contribution is 5.74. The molecule has 1 heterocycles. The predicted molar refractivity (Wildman–Crippen MR) is 67.2 cm³/mol. The van der Waals surface area contributed by atoms with Crippen LogP contribution in [0.1, 0.15) is 19.6 Å². The van der Waals surface area contributed by atoms with Gasteiger partial charge in [0.05, 0.1) is 13.0 Å². The monoisotopic (exact) mass is 265 g/mol. The SMILES string of the molecule is CCOC(=O)C(Cc1cc2c(o1)=CC(C)C=2)[N+](=O)[O-]. The topological polar surface area (TPSA) is 82.6 Å². The fourth-order valence-electron chi connectivity index (χ4n) is 2.08. The van der Waals surface area contributed by atoms with Gasteiger partial charge >= 0.3 is 12.0 Å². The molecule has 0 aromatic carbocycles. The highest BCUT2D eigenvalue weighted by Crippen LogP contribution is 2.08. The van der Waals surface area contributed by atoms with Gasteiger partial charge in [-0.25, -0.2) is 4.79 Å². The lowest BCUT2D eigenvalue weighted by atomic mass is 10.1. The Kier molecular flexibility index (Phi) is 3.69. The lowest BCUT2D eigenvalue weighted by molar-refractivity contribution is -0.510. The Morgan fingerprint density at radius 2 is 2.32 bits per heavy atom. The fraction of sp³-hybridized carbons (Fsp3) is 0.462. The summed E-state index contributed by atoms with van der Waals surface area (Å²) in [4.78, 5) is 21.8. The van der Waals surface area contributed by atoms with Crippen molar-refractivity contribution in [1.29, 1.82) is 0 Å². The second-order valence-electron chi connectivity index (χ2n) is 4.48. The first-order valence-corrected chi connectivity index (χ1v) is 6.13. The summed E-state index contributed by atoms with van der Waals surface area (Å²) in [5.74, 6) is -0.0938. The van der Waals surface area contributed by atoms with Gasteiger partial charge in [0.15, 0.2) is 0 Å². The summed E-state index contributed by atoms with van der Waals surface area (Å²) in [6.07, 6.45) is 3.85. The summed E-state index contributed by atoms with van der Waals surface area (Å²) >= 11 is 0. The lowest BCUT2D eigenvalue weighted by Crippen LogP contribution is -2.33. The molecule has 0 N–H and O–H groups in total. The van der Waals surface area contributed by atoms with Crippen LogP contribution < -0.4 is 10.6 Å². The largest absolute Gasteiger partial charge is 0.461 e. The number of ether oxygens (including phenoxy) is 1. The van der Waals surface area contributed by atoms with Gasteiger partial charge in [-0.15, -0.1) is 0 Å². The third kappa shape index (κ3) is 2.83. The van der Waals surface area contributed by atoms with Crippen LogP contribution in [-0.2, 0) is 16.0 Å². The number of carbonyl (C=O) groups is 1. The Labute approximate surface area is 109 Å². The van der Waals surface area contributed by atoms with Gasteiger partial charge < -0.3 is 9.15 Å². The summed E-state index contributed by atoms with van der Waals surface area (Å²) in [6.45, 7) is 3.76. The quantitative estimate of drug-likeness (QED) is 0.432. The van der Waals surface area contributed by atoms with Crippen LogP contribution in [0.15, 0.2) is 10.5 Å². The van der Waals surface area contributed by atoms with Gasteiger partial charge in [-0.05, 0) is 25.0 Å². The van der Waals surface area contributed by atoms with Crippen molar-refractivity contribution >= 4 is 18.1 Å². The number of fused-ring (bicyclic) bond motifs is 1. The van der Waals surface area contributed by atoms with E-state index < -0.39 is 16.9 Å². The van der Waals surface area contributed by atoms with E-state index in [0.29, 0.717) is 17.1 Å². The van der Waals surface area contributed by atoms with Crippen LogP contribution in [0.2, 0.25) is 0 Å². The van der Waals surface area contributed by atoms with Crippen LogP contribution in [0.25, 0.3) is 12.2 Å². The second kappa shape index (κ2) is 5.26. The summed E-state index contributed by atoms with van der Waals surface area (Å²) < 4.78 is 10.2. The summed E-state index contributed by atoms with van der Waals surface area (Å²) in [7, 11) is 0. The van der Waals surface area contributed by atoms with E-state index in [0.717, 1.165) is 5.22 Å². The second-order valence-corrected chi connectivity index (χ2v) is 4.48. The van der Waals surface area contributed by atoms with Crippen LogP contribution >= 0.6 is 0 Å². The Balaban J connectivity index is 2.18. The molecule has 0 aliphatic heterocycles. The number of hydrogen-bond acceptors (Lipinski definition) is 5. The van der Waals surface area contributed by atoms with Crippen molar-refractivity contribution in [2.75, 3.05) is 6.61 Å². The molecular formula is C13H15NO5. The molecule has 2 unspecified atom stereocenters. The smallest absolute Gasteiger partial charge is 0.382 e. The minimum Gasteiger partial charge on any atom is -0.461 e. The van der Waals surface area contributed by atoms with Crippen LogP contribution in [0.3, 0.4) is 0 Å². The minimum atomic E-state index is -1.41. The van der Waals surface area contributed by atoms with E-state index >= 15 is 0 Å². The van der Waals surface area contributed by atoms with Crippen LogP contribution in [-0.4, -0.2) is 23.5 Å². The Bertz CT molecular complexity index is 582. The molecule has 1 aromatic rings.